The molecule has 8 heteroatoms. The van der Waals surface area contributed by atoms with Gasteiger partial charge in [-0.05, 0) is 50.9 Å². The summed E-state index contributed by atoms with van der Waals surface area (Å²) in [6, 6.07) is 4.64. The zero-order valence-corrected chi connectivity index (χ0v) is 16.7. The molecular weight excluding hydrogens is 370 g/mol. The molecule has 5 rings (SSSR count). The molecule has 5 heterocycles. The maximum atomic E-state index is 4.78. The molecule has 2 saturated heterocycles. The minimum absolute atomic E-state index is 0.577. The van der Waals surface area contributed by atoms with Gasteiger partial charge in [-0.3, -0.25) is 0 Å². The summed E-state index contributed by atoms with van der Waals surface area (Å²) < 4.78 is 1.09. The summed E-state index contributed by atoms with van der Waals surface area (Å²) in [4.78, 5) is 22.9. The lowest BCUT2D eigenvalue weighted by atomic mass is 10.0. The van der Waals surface area contributed by atoms with Gasteiger partial charge in [-0.1, -0.05) is 17.8 Å². The Morgan fingerprint density at radius 2 is 1.75 bits per heavy atom. The summed E-state index contributed by atoms with van der Waals surface area (Å²) in [6.45, 7) is 4.75. The summed E-state index contributed by atoms with van der Waals surface area (Å²) in [5.74, 6) is 0.577. The van der Waals surface area contributed by atoms with Crippen LogP contribution in [0.2, 0.25) is 0 Å². The molecule has 0 amide bonds. The van der Waals surface area contributed by atoms with Crippen molar-refractivity contribution < 1.29 is 0 Å². The van der Waals surface area contributed by atoms with E-state index in [0.717, 1.165) is 40.3 Å². The Kier molecular flexibility index (Phi) is 5.05. The average Bonchev–Trinajstić information content (AvgIpc) is 3.19. The minimum atomic E-state index is 0.577. The third kappa shape index (κ3) is 3.79. The van der Waals surface area contributed by atoms with Crippen molar-refractivity contribution in [3.8, 4) is 0 Å². The molecule has 2 fully saturated rings. The fourth-order valence-electron chi connectivity index (χ4n) is 4.21. The molecule has 0 saturated carbocycles. The fraction of sp³-hybridized carbons (Fsp3) is 0.500. The number of hydrogen-bond acceptors (Lipinski definition) is 8. The van der Waals surface area contributed by atoms with Crippen molar-refractivity contribution in [2.45, 2.75) is 38.1 Å². The molecule has 3 aromatic rings. The Hall–Kier alpha value is -2.32. The van der Waals surface area contributed by atoms with Crippen molar-refractivity contribution in [2.24, 2.45) is 0 Å². The smallest absolute Gasteiger partial charge is 0.227 e. The van der Waals surface area contributed by atoms with Gasteiger partial charge in [0.2, 0.25) is 5.95 Å². The normalized spacial score (nSPS) is 19.2. The van der Waals surface area contributed by atoms with Gasteiger partial charge in [0.15, 0.2) is 10.8 Å². The second-order valence-corrected chi connectivity index (χ2v) is 8.56. The van der Waals surface area contributed by atoms with Gasteiger partial charge in [-0.25, -0.2) is 15.0 Å². The van der Waals surface area contributed by atoms with Gasteiger partial charge in [-0.15, -0.1) is 0 Å². The van der Waals surface area contributed by atoms with E-state index in [1.807, 2.05) is 0 Å². The molecule has 1 N–H and O–H groups in total. The number of hydrogen-bond donors (Lipinski definition) is 1. The Morgan fingerprint density at radius 1 is 0.964 bits per heavy atom. The lowest BCUT2D eigenvalue weighted by molar-refractivity contribution is 0.141. The van der Waals surface area contributed by atoms with Gasteiger partial charge in [-0.2, -0.15) is 4.98 Å². The molecule has 28 heavy (non-hydrogen) atoms. The van der Waals surface area contributed by atoms with E-state index < -0.39 is 0 Å². The van der Waals surface area contributed by atoms with Crippen molar-refractivity contribution in [1.82, 2.24) is 24.8 Å². The SMILES string of the molecule is c1cnc(Nc2cnc3nc(N4CCC(N5CCCCC5)CC4)sc3c2)nc1. The molecule has 0 bridgehead atoms. The van der Waals surface area contributed by atoms with Crippen LogP contribution in [0.1, 0.15) is 32.1 Å². The number of piperidine rings is 2. The first-order chi connectivity index (χ1) is 13.8. The van der Waals surface area contributed by atoms with Crippen molar-refractivity contribution in [3.63, 3.8) is 0 Å². The topological polar surface area (TPSA) is 70.1 Å². The highest BCUT2D eigenvalue weighted by molar-refractivity contribution is 7.22. The molecule has 0 aromatic carbocycles. The predicted octanol–water partition coefficient (Wildman–Crippen LogP) is 3.68. The number of pyridine rings is 1. The minimum Gasteiger partial charge on any atom is -0.348 e. The number of aromatic nitrogens is 4. The lowest BCUT2D eigenvalue weighted by Crippen LogP contribution is -2.46. The summed E-state index contributed by atoms with van der Waals surface area (Å²) in [5.41, 5.74) is 1.70. The first kappa shape index (κ1) is 17.8. The van der Waals surface area contributed by atoms with E-state index in [4.69, 9.17) is 4.98 Å². The first-order valence-electron chi connectivity index (χ1n) is 10.1. The molecule has 2 aliphatic heterocycles. The summed E-state index contributed by atoms with van der Waals surface area (Å²) >= 11 is 1.72. The second kappa shape index (κ2) is 7.97. The zero-order valence-electron chi connectivity index (χ0n) is 15.9. The van der Waals surface area contributed by atoms with E-state index in [1.165, 1.54) is 45.2 Å². The highest BCUT2D eigenvalue weighted by atomic mass is 32.1. The van der Waals surface area contributed by atoms with Crippen molar-refractivity contribution in [3.05, 3.63) is 30.7 Å². The first-order valence-corrected chi connectivity index (χ1v) is 11.0. The van der Waals surface area contributed by atoms with E-state index in [9.17, 15) is 0 Å². The molecule has 0 spiro atoms. The molecule has 0 unspecified atom stereocenters. The van der Waals surface area contributed by atoms with Crippen LogP contribution in [-0.4, -0.2) is 57.1 Å². The number of nitrogens with zero attached hydrogens (tertiary/aromatic N) is 6. The number of rotatable bonds is 4. The van der Waals surface area contributed by atoms with E-state index in [0.29, 0.717) is 5.95 Å². The van der Waals surface area contributed by atoms with E-state index >= 15 is 0 Å². The quantitative estimate of drug-likeness (QED) is 0.722. The van der Waals surface area contributed by atoms with Crippen LogP contribution in [0, 0.1) is 0 Å². The molecule has 0 radical (unpaired) electrons. The standard InChI is InChI=1S/C20H25N7S/c1-2-9-26(10-3-1)16-5-11-27(12-6-16)20-25-18-17(28-20)13-15(14-23-18)24-19-21-7-4-8-22-19/h4,7-8,13-14,16H,1-3,5-6,9-12H2,(H,21,22,24). The highest BCUT2D eigenvalue weighted by Gasteiger charge is 2.26. The summed E-state index contributed by atoms with van der Waals surface area (Å²) in [5, 5.41) is 4.29. The van der Waals surface area contributed by atoms with Gasteiger partial charge >= 0.3 is 0 Å². The summed E-state index contributed by atoms with van der Waals surface area (Å²) in [6.07, 6.45) is 11.9. The van der Waals surface area contributed by atoms with Crippen LogP contribution < -0.4 is 10.2 Å². The molecule has 2 aliphatic rings. The number of anilines is 3. The van der Waals surface area contributed by atoms with Gasteiger partial charge in [0, 0.05) is 31.5 Å². The van der Waals surface area contributed by atoms with Gasteiger partial charge in [0.1, 0.15) is 0 Å². The van der Waals surface area contributed by atoms with Crippen molar-refractivity contribution in [2.75, 3.05) is 36.4 Å². The second-order valence-electron chi connectivity index (χ2n) is 7.55. The number of thiazole rings is 1. The third-order valence-electron chi connectivity index (χ3n) is 5.70. The largest absolute Gasteiger partial charge is 0.348 e. The Labute approximate surface area is 168 Å². The van der Waals surface area contributed by atoms with Gasteiger partial charge in [0.25, 0.3) is 0 Å². The Balaban J connectivity index is 1.26. The zero-order chi connectivity index (χ0) is 18.8. The van der Waals surface area contributed by atoms with Crippen LogP contribution in [-0.2, 0) is 0 Å². The Bertz CT molecular complexity index is 915. The Morgan fingerprint density at radius 3 is 2.54 bits per heavy atom. The van der Waals surface area contributed by atoms with Crippen LogP contribution in [0.15, 0.2) is 30.7 Å². The van der Waals surface area contributed by atoms with Gasteiger partial charge in [0.05, 0.1) is 16.6 Å². The highest BCUT2D eigenvalue weighted by Crippen LogP contribution is 2.32. The molecule has 146 valence electrons. The van der Waals surface area contributed by atoms with E-state index in [-0.39, 0.29) is 0 Å². The molecule has 3 aromatic heterocycles. The average molecular weight is 396 g/mol. The van der Waals surface area contributed by atoms with E-state index in [1.54, 1.807) is 36.0 Å². The third-order valence-corrected chi connectivity index (χ3v) is 6.75. The van der Waals surface area contributed by atoms with Crippen molar-refractivity contribution >= 4 is 38.5 Å². The maximum Gasteiger partial charge on any atom is 0.227 e. The number of fused-ring (bicyclic) bond motifs is 1. The number of likely N-dealkylation sites (tertiary alicyclic amines) is 1. The lowest BCUT2D eigenvalue weighted by Gasteiger charge is -2.40. The van der Waals surface area contributed by atoms with E-state index in [2.05, 4.69) is 36.1 Å². The molecule has 7 nitrogen and oxygen atoms in total. The summed E-state index contributed by atoms with van der Waals surface area (Å²) in [7, 11) is 0. The fourth-order valence-corrected chi connectivity index (χ4v) is 5.23. The van der Waals surface area contributed by atoms with Gasteiger partial charge < -0.3 is 15.1 Å². The van der Waals surface area contributed by atoms with Crippen LogP contribution in [0.25, 0.3) is 10.3 Å². The maximum absolute atomic E-state index is 4.78. The van der Waals surface area contributed by atoms with Crippen LogP contribution in [0.5, 0.6) is 0 Å². The van der Waals surface area contributed by atoms with Crippen LogP contribution in [0.4, 0.5) is 16.8 Å². The molecular formula is C20H25N7S. The molecule has 0 aliphatic carbocycles. The predicted molar refractivity (Wildman–Crippen MR) is 113 cm³/mol. The van der Waals surface area contributed by atoms with Crippen molar-refractivity contribution in [1.29, 1.82) is 0 Å². The monoisotopic (exact) mass is 395 g/mol. The van der Waals surface area contributed by atoms with Crippen LogP contribution in [0.3, 0.4) is 0 Å². The molecule has 0 atom stereocenters. The number of nitrogens with one attached hydrogen (secondary N) is 1. The van der Waals surface area contributed by atoms with Crippen LogP contribution >= 0.6 is 11.3 Å².